The topological polar surface area (TPSA) is 67.0 Å². The molecule has 0 saturated carbocycles. The minimum atomic E-state index is -0.0839. The van der Waals surface area contributed by atoms with Crippen LogP contribution in [0.2, 0.25) is 0 Å². The van der Waals surface area contributed by atoms with E-state index in [4.69, 9.17) is 4.74 Å². The average molecular weight is 231 g/mol. The Morgan fingerprint density at radius 2 is 2.12 bits per heavy atom. The van der Waals surface area contributed by atoms with Crippen LogP contribution in [-0.2, 0) is 11.2 Å². The lowest BCUT2D eigenvalue weighted by Gasteiger charge is -2.05. The van der Waals surface area contributed by atoms with Crippen LogP contribution in [0.4, 0.5) is 5.69 Å². The molecule has 0 aliphatic heterocycles. The average Bonchev–Trinajstić information content (AvgIpc) is 2.82. The van der Waals surface area contributed by atoms with Gasteiger partial charge < -0.3 is 10.1 Å². The summed E-state index contributed by atoms with van der Waals surface area (Å²) >= 11 is 0. The highest BCUT2D eigenvalue weighted by Crippen LogP contribution is 2.15. The lowest BCUT2D eigenvalue weighted by Crippen LogP contribution is -2.14. The summed E-state index contributed by atoms with van der Waals surface area (Å²) in [5.41, 5.74) is 1.53. The van der Waals surface area contributed by atoms with Crippen LogP contribution in [0, 0.1) is 0 Å². The first kappa shape index (κ1) is 11.2. The van der Waals surface area contributed by atoms with Gasteiger partial charge in [-0.3, -0.25) is 9.89 Å². The van der Waals surface area contributed by atoms with E-state index in [1.54, 1.807) is 43.6 Å². The number of methoxy groups -OCH3 is 1. The number of hydrogen-bond acceptors (Lipinski definition) is 3. The molecule has 0 aliphatic carbocycles. The van der Waals surface area contributed by atoms with E-state index in [1.807, 2.05) is 0 Å². The molecule has 2 aromatic rings. The largest absolute Gasteiger partial charge is 0.497 e. The third kappa shape index (κ3) is 3.07. The second kappa shape index (κ2) is 5.16. The molecule has 0 atom stereocenters. The van der Waals surface area contributed by atoms with E-state index < -0.39 is 0 Å². The van der Waals surface area contributed by atoms with Crippen LogP contribution in [0.1, 0.15) is 5.69 Å². The first-order valence-electron chi connectivity index (χ1n) is 5.20. The zero-order chi connectivity index (χ0) is 12.1. The van der Waals surface area contributed by atoms with E-state index in [0.717, 1.165) is 17.1 Å². The summed E-state index contributed by atoms with van der Waals surface area (Å²) in [4.78, 5) is 11.6. The monoisotopic (exact) mass is 231 g/mol. The number of aromatic nitrogens is 2. The van der Waals surface area contributed by atoms with E-state index in [9.17, 15) is 4.79 Å². The molecule has 1 aromatic heterocycles. The van der Waals surface area contributed by atoms with Crippen LogP contribution in [0.15, 0.2) is 36.5 Å². The van der Waals surface area contributed by atoms with E-state index in [1.165, 1.54) is 0 Å². The van der Waals surface area contributed by atoms with Crippen LogP contribution in [-0.4, -0.2) is 23.2 Å². The maximum Gasteiger partial charge on any atom is 0.230 e. The van der Waals surface area contributed by atoms with Gasteiger partial charge in [0.25, 0.3) is 0 Å². The third-order valence-electron chi connectivity index (χ3n) is 2.28. The van der Waals surface area contributed by atoms with Crippen molar-refractivity contribution < 1.29 is 9.53 Å². The Labute approximate surface area is 98.8 Å². The van der Waals surface area contributed by atoms with Gasteiger partial charge in [0.15, 0.2) is 0 Å². The number of H-pyrrole nitrogens is 1. The third-order valence-corrected chi connectivity index (χ3v) is 2.28. The van der Waals surface area contributed by atoms with Crippen LogP contribution >= 0.6 is 0 Å². The Balaban J connectivity index is 1.93. The zero-order valence-electron chi connectivity index (χ0n) is 9.43. The van der Waals surface area contributed by atoms with Crippen molar-refractivity contribution in [1.29, 1.82) is 0 Å². The number of nitrogens with zero attached hydrogens (tertiary/aromatic N) is 1. The van der Waals surface area contributed by atoms with Crippen molar-refractivity contribution in [3.05, 3.63) is 42.2 Å². The van der Waals surface area contributed by atoms with Crippen molar-refractivity contribution in [3.63, 3.8) is 0 Å². The van der Waals surface area contributed by atoms with Gasteiger partial charge in [-0.1, -0.05) is 0 Å². The van der Waals surface area contributed by atoms with Gasteiger partial charge in [-0.2, -0.15) is 5.10 Å². The Morgan fingerprint density at radius 1 is 1.35 bits per heavy atom. The van der Waals surface area contributed by atoms with Gasteiger partial charge in [0, 0.05) is 17.6 Å². The van der Waals surface area contributed by atoms with Gasteiger partial charge in [0.1, 0.15) is 5.75 Å². The highest BCUT2D eigenvalue weighted by atomic mass is 16.5. The van der Waals surface area contributed by atoms with Gasteiger partial charge in [-0.15, -0.1) is 0 Å². The van der Waals surface area contributed by atoms with E-state index in [0.29, 0.717) is 0 Å². The van der Waals surface area contributed by atoms with E-state index >= 15 is 0 Å². The maximum atomic E-state index is 11.6. The Bertz CT molecular complexity index is 477. The number of hydrogen-bond donors (Lipinski definition) is 2. The van der Waals surface area contributed by atoms with Crippen LogP contribution in [0.25, 0.3) is 0 Å². The molecule has 2 rings (SSSR count). The number of nitrogens with one attached hydrogen (secondary N) is 2. The summed E-state index contributed by atoms with van der Waals surface area (Å²) in [6, 6.07) is 8.96. The standard InChI is InChI=1S/C12H13N3O2/c1-17-11-4-2-9(3-5-11)14-12(16)8-10-6-7-13-15-10/h2-7H,8H2,1H3,(H,13,15)(H,14,16). The second-order valence-corrected chi connectivity index (χ2v) is 3.54. The summed E-state index contributed by atoms with van der Waals surface area (Å²) in [5.74, 6) is 0.677. The molecular weight excluding hydrogens is 218 g/mol. The minimum absolute atomic E-state index is 0.0839. The smallest absolute Gasteiger partial charge is 0.230 e. The molecule has 5 heteroatoms. The molecule has 0 radical (unpaired) electrons. The Hall–Kier alpha value is -2.30. The zero-order valence-corrected chi connectivity index (χ0v) is 9.43. The van der Waals surface area contributed by atoms with Gasteiger partial charge >= 0.3 is 0 Å². The van der Waals surface area contributed by atoms with Gasteiger partial charge in [-0.05, 0) is 30.3 Å². The minimum Gasteiger partial charge on any atom is -0.497 e. The molecule has 0 bridgehead atoms. The normalized spacial score (nSPS) is 9.94. The van der Waals surface area contributed by atoms with Crippen molar-refractivity contribution in [2.45, 2.75) is 6.42 Å². The Kier molecular flexibility index (Phi) is 3.40. The molecule has 0 fully saturated rings. The van der Waals surface area contributed by atoms with Crippen molar-refractivity contribution in [2.24, 2.45) is 0 Å². The number of amides is 1. The summed E-state index contributed by atoms with van der Waals surface area (Å²) in [6.07, 6.45) is 1.90. The van der Waals surface area contributed by atoms with Gasteiger partial charge in [0.05, 0.1) is 13.5 Å². The lowest BCUT2D eigenvalue weighted by atomic mass is 10.2. The maximum absolute atomic E-state index is 11.6. The molecule has 0 unspecified atom stereocenters. The highest BCUT2D eigenvalue weighted by Gasteiger charge is 2.04. The number of carbonyl (C=O) groups excluding carboxylic acids is 1. The van der Waals surface area contributed by atoms with E-state index in [-0.39, 0.29) is 12.3 Å². The van der Waals surface area contributed by atoms with Gasteiger partial charge in [-0.25, -0.2) is 0 Å². The fourth-order valence-corrected chi connectivity index (χ4v) is 1.44. The number of ether oxygens (including phenoxy) is 1. The quantitative estimate of drug-likeness (QED) is 0.839. The predicted octanol–water partition coefficient (Wildman–Crippen LogP) is 1.60. The van der Waals surface area contributed by atoms with Crippen molar-refractivity contribution in [3.8, 4) is 5.75 Å². The number of aromatic amines is 1. The molecule has 1 aromatic carbocycles. The molecule has 17 heavy (non-hydrogen) atoms. The lowest BCUT2D eigenvalue weighted by molar-refractivity contribution is -0.115. The molecule has 88 valence electrons. The molecule has 0 aliphatic rings. The van der Waals surface area contributed by atoms with Crippen LogP contribution < -0.4 is 10.1 Å². The first-order valence-corrected chi connectivity index (χ1v) is 5.20. The number of benzene rings is 1. The van der Waals surface area contributed by atoms with Crippen LogP contribution in [0.5, 0.6) is 5.75 Å². The van der Waals surface area contributed by atoms with Crippen molar-refractivity contribution in [2.75, 3.05) is 12.4 Å². The molecule has 0 saturated heterocycles. The van der Waals surface area contributed by atoms with Crippen LogP contribution in [0.3, 0.4) is 0 Å². The Morgan fingerprint density at radius 3 is 2.71 bits per heavy atom. The molecule has 5 nitrogen and oxygen atoms in total. The molecule has 1 heterocycles. The highest BCUT2D eigenvalue weighted by molar-refractivity contribution is 5.92. The van der Waals surface area contributed by atoms with Crippen molar-refractivity contribution >= 4 is 11.6 Å². The summed E-state index contributed by atoms with van der Waals surface area (Å²) in [6.45, 7) is 0. The summed E-state index contributed by atoms with van der Waals surface area (Å²) in [7, 11) is 1.60. The number of carbonyl (C=O) groups is 1. The summed E-state index contributed by atoms with van der Waals surface area (Å²) in [5, 5.41) is 9.31. The number of rotatable bonds is 4. The predicted molar refractivity (Wildman–Crippen MR) is 63.9 cm³/mol. The fraction of sp³-hybridized carbons (Fsp3) is 0.167. The second-order valence-electron chi connectivity index (χ2n) is 3.54. The molecule has 2 N–H and O–H groups in total. The fourth-order valence-electron chi connectivity index (χ4n) is 1.44. The SMILES string of the molecule is COc1ccc(NC(=O)Cc2ccn[nH]2)cc1. The molecule has 0 spiro atoms. The van der Waals surface area contributed by atoms with E-state index in [2.05, 4.69) is 15.5 Å². The molecule has 1 amide bonds. The molecular formula is C12H13N3O2. The summed E-state index contributed by atoms with van der Waals surface area (Å²) < 4.78 is 5.03. The first-order chi connectivity index (χ1) is 8.28. The van der Waals surface area contributed by atoms with Gasteiger partial charge in [0.2, 0.25) is 5.91 Å². The number of anilines is 1. The van der Waals surface area contributed by atoms with Crippen molar-refractivity contribution in [1.82, 2.24) is 10.2 Å².